The summed E-state index contributed by atoms with van der Waals surface area (Å²) in [5, 5.41) is 1.07. The molecule has 32 heavy (non-hydrogen) atoms. The maximum Gasteiger partial charge on any atom is 0.337 e. The van der Waals surface area contributed by atoms with E-state index in [1.54, 1.807) is 11.2 Å². The fraction of sp³-hybridized carbons (Fsp3) is 0.360. The predicted molar refractivity (Wildman–Crippen MR) is 122 cm³/mol. The number of fused-ring (bicyclic) bond motifs is 1. The fourth-order valence-electron chi connectivity index (χ4n) is 4.96. The van der Waals surface area contributed by atoms with Gasteiger partial charge in [0, 0.05) is 30.1 Å². The van der Waals surface area contributed by atoms with Gasteiger partial charge < -0.3 is 9.32 Å². The van der Waals surface area contributed by atoms with Crippen molar-refractivity contribution in [3.63, 3.8) is 0 Å². The minimum Gasteiger partial charge on any atom is -0.464 e. The van der Waals surface area contributed by atoms with E-state index in [2.05, 4.69) is 16.9 Å². The largest absolute Gasteiger partial charge is 0.464 e. The Balaban J connectivity index is 1.16. The third kappa shape index (κ3) is 3.52. The van der Waals surface area contributed by atoms with E-state index in [-0.39, 0.29) is 18.1 Å². The van der Waals surface area contributed by atoms with Gasteiger partial charge in [-0.1, -0.05) is 18.2 Å². The minimum atomic E-state index is -0.147. The number of carbonyl (C=O) groups excluding carboxylic acids is 2. The maximum atomic E-state index is 12.6. The first-order valence-electron chi connectivity index (χ1n) is 11.4. The number of nitrogens with zero attached hydrogens (tertiary/aromatic N) is 2. The van der Waals surface area contributed by atoms with Gasteiger partial charge in [0.2, 0.25) is 5.91 Å². The average molecular weight is 431 g/mol. The van der Waals surface area contributed by atoms with Crippen LogP contribution in [0.4, 0.5) is 10.5 Å². The Morgan fingerprint density at radius 2 is 1.84 bits per heavy atom. The summed E-state index contributed by atoms with van der Waals surface area (Å²) in [4.78, 5) is 28.7. The zero-order valence-electron chi connectivity index (χ0n) is 17.8. The van der Waals surface area contributed by atoms with Crippen molar-refractivity contribution in [2.24, 2.45) is 11.8 Å². The minimum absolute atomic E-state index is 0.128. The zero-order valence-corrected chi connectivity index (χ0v) is 17.8. The molecule has 2 aliphatic heterocycles. The number of hydrogen-bond acceptors (Lipinski definition) is 4. The molecule has 1 saturated carbocycles. The van der Waals surface area contributed by atoms with Crippen molar-refractivity contribution in [2.45, 2.75) is 31.8 Å². The second kappa shape index (κ2) is 7.67. The molecule has 7 heteroatoms. The summed E-state index contributed by atoms with van der Waals surface area (Å²) in [5.41, 5.74) is 9.83. The Bertz CT molecular complexity index is 1170. The number of nitrogens with one attached hydrogen (secondary N) is 2. The van der Waals surface area contributed by atoms with Gasteiger partial charge in [-0.2, -0.15) is 0 Å². The van der Waals surface area contributed by atoms with Crippen LogP contribution in [0.5, 0.6) is 0 Å². The lowest BCUT2D eigenvalue weighted by atomic mass is 10.0. The number of likely N-dealkylation sites (tertiary alicyclic amines) is 1. The van der Waals surface area contributed by atoms with Gasteiger partial charge in [0.25, 0.3) is 0 Å². The van der Waals surface area contributed by atoms with Crippen molar-refractivity contribution in [3.8, 4) is 11.1 Å². The van der Waals surface area contributed by atoms with Gasteiger partial charge in [-0.25, -0.2) is 10.2 Å². The zero-order chi connectivity index (χ0) is 21.7. The summed E-state index contributed by atoms with van der Waals surface area (Å²) in [6.07, 6.45) is 5.46. The first kappa shape index (κ1) is 19.4. The second-order valence-corrected chi connectivity index (χ2v) is 9.13. The Labute approximate surface area is 186 Å². The smallest absolute Gasteiger partial charge is 0.337 e. The molecular formula is C25H26N4O3. The van der Waals surface area contributed by atoms with Crippen LogP contribution in [0, 0.1) is 11.8 Å². The van der Waals surface area contributed by atoms with Crippen LogP contribution in [0.1, 0.15) is 25.7 Å². The molecule has 0 radical (unpaired) electrons. The van der Waals surface area contributed by atoms with E-state index >= 15 is 0 Å². The normalized spacial score (nSPS) is 23.2. The molecule has 0 bridgehead atoms. The first-order chi connectivity index (χ1) is 15.7. The van der Waals surface area contributed by atoms with Crippen LogP contribution < -0.4 is 15.8 Å². The van der Waals surface area contributed by atoms with Gasteiger partial charge in [0.05, 0.1) is 6.26 Å². The molecular weight excluding hydrogens is 404 g/mol. The van der Waals surface area contributed by atoms with E-state index in [0.717, 1.165) is 66.6 Å². The number of anilines is 1. The van der Waals surface area contributed by atoms with E-state index < -0.39 is 0 Å². The molecule has 2 aromatic carbocycles. The Hall–Kier alpha value is -3.32. The molecule has 164 valence electrons. The van der Waals surface area contributed by atoms with E-state index in [1.807, 2.05) is 47.4 Å². The summed E-state index contributed by atoms with van der Waals surface area (Å²) in [7, 11) is 0. The van der Waals surface area contributed by atoms with Crippen LogP contribution in [0.2, 0.25) is 0 Å². The van der Waals surface area contributed by atoms with E-state index in [0.29, 0.717) is 11.8 Å². The molecule has 3 fully saturated rings. The quantitative estimate of drug-likeness (QED) is 0.639. The van der Waals surface area contributed by atoms with Crippen LogP contribution in [-0.4, -0.2) is 36.1 Å². The topological polar surface area (TPSA) is 77.8 Å². The first-order valence-corrected chi connectivity index (χ1v) is 11.4. The summed E-state index contributed by atoms with van der Waals surface area (Å²) in [6.45, 7) is 1.63. The summed E-state index contributed by atoms with van der Waals surface area (Å²) in [5.74, 6) is 0.985. The standard InChI is InChI=1S/C25H26N4O3/c30-24(18-1-2-18)28-11-9-16(15-28)13-23-26-27-25(31)29(23)21-6-3-17(4-7-21)19-5-8-22-20(14-19)10-12-32-22/h3-8,10,12,14,16,18,23,26H,1-2,9,11,13,15H2,(H,27,31)/t16-,23?/m0/s1. The van der Waals surface area contributed by atoms with Crippen LogP contribution in [0.3, 0.4) is 0 Å². The average Bonchev–Trinajstić information content (AvgIpc) is 3.20. The predicted octanol–water partition coefficient (Wildman–Crippen LogP) is 4.11. The SMILES string of the molecule is O=C(C1CC1)N1CC[C@@H](CC2NNC(=O)N2c2ccc(-c3ccc4occc4c3)cc2)C1. The Kier molecular flexibility index (Phi) is 4.64. The number of urea groups is 1. The Morgan fingerprint density at radius 1 is 1.03 bits per heavy atom. The van der Waals surface area contributed by atoms with Crippen molar-refractivity contribution in [3.05, 3.63) is 54.8 Å². The van der Waals surface area contributed by atoms with Crippen molar-refractivity contribution in [2.75, 3.05) is 18.0 Å². The highest BCUT2D eigenvalue weighted by atomic mass is 16.3. The molecule has 0 spiro atoms. The number of furan rings is 1. The van der Waals surface area contributed by atoms with Crippen LogP contribution in [-0.2, 0) is 4.79 Å². The molecule has 3 aliphatic rings. The summed E-state index contributed by atoms with van der Waals surface area (Å²) >= 11 is 0. The molecule has 2 atom stereocenters. The molecule has 2 N–H and O–H groups in total. The lowest BCUT2D eigenvalue weighted by molar-refractivity contribution is -0.131. The summed E-state index contributed by atoms with van der Waals surface area (Å²) in [6, 6.07) is 16.0. The third-order valence-corrected chi connectivity index (χ3v) is 6.89. The van der Waals surface area contributed by atoms with Gasteiger partial charge in [0.15, 0.2) is 0 Å². The highest BCUT2D eigenvalue weighted by Crippen LogP contribution is 2.34. The lowest BCUT2D eigenvalue weighted by Crippen LogP contribution is -2.39. The molecule has 1 unspecified atom stereocenters. The van der Waals surface area contributed by atoms with Gasteiger partial charge >= 0.3 is 6.03 Å². The van der Waals surface area contributed by atoms with E-state index in [1.165, 1.54) is 0 Å². The Morgan fingerprint density at radius 3 is 2.66 bits per heavy atom. The molecule has 3 amide bonds. The second-order valence-electron chi connectivity index (χ2n) is 9.13. The van der Waals surface area contributed by atoms with Gasteiger partial charge in [-0.3, -0.25) is 15.1 Å². The molecule has 1 aliphatic carbocycles. The number of carbonyl (C=O) groups is 2. The monoisotopic (exact) mass is 430 g/mol. The highest BCUT2D eigenvalue weighted by Gasteiger charge is 2.39. The highest BCUT2D eigenvalue weighted by molar-refractivity contribution is 5.94. The molecule has 3 heterocycles. The van der Waals surface area contributed by atoms with Crippen molar-refractivity contribution >= 4 is 28.6 Å². The number of benzene rings is 2. The number of amides is 3. The van der Waals surface area contributed by atoms with Crippen molar-refractivity contribution in [1.82, 2.24) is 15.8 Å². The van der Waals surface area contributed by atoms with E-state index in [4.69, 9.17) is 4.42 Å². The molecule has 1 aromatic heterocycles. The van der Waals surface area contributed by atoms with Crippen molar-refractivity contribution < 1.29 is 14.0 Å². The number of hydrazine groups is 1. The summed E-state index contributed by atoms with van der Waals surface area (Å²) < 4.78 is 5.43. The van der Waals surface area contributed by atoms with Gasteiger partial charge in [-0.15, -0.1) is 0 Å². The third-order valence-electron chi connectivity index (χ3n) is 6.89. The molecule has 7 nitrogen and oxygen atoms in total. The maximum absolute atomic E-state index is 12.6. The van der Waals surface area contributed by atoms with Gasteiger partial charge in [-0.05, 0) is 73.1 Å². The lowest BCUT2D eigenvalue weighted by Gasteiger charge is -2.25. The van der Waals surface area contributed by atoms with Crippen LogP contribution >= 0.6 is 0 Å². The molecule has 6 rings (SSSR count). The van der Waals surface area contributed by atoms with Crippen molar-refractivity contribution in [1.29, 1.82) is 0 Å². The molecule has 2 saturated heterocycles. The van der Waals surface area contributed by atoms with Gasteiger partial charge in [0.1, 0.15) is 11.7 Å². The molecule has 3 aromatic rings. The number of hydrogen-bond donors (Lipinski definition) is 2. The number of rotatable bonds is 5. The fourth-order valence-corrected chi connectivity index (χ4v) is 4.96. The van der Waals surface area contributed by atoms with E-state index in [9.17, 15) is 9.59 Å². The van der Waals surface area contributed by atoms with Crippen LogP contribution in [0.25, 0.3) is 22.1 Å². The van der Waals surface area contributed by atoms with Crippen LogP contribution in [0.15, 0.2) is 59.2 Å².